The number of hydrogen-bond acceptors (Lipinski definition) is 3. The first-order valence-electron chi connectivity index (χ1n) is 5.32. The highest BCUT2D eigenvalue weighted by Gasteiger charge is 2.16. The van der Waals surface area contributed by atoms with Gasteiger partial charge in [0.1, 0.15) is 11.3 Å². The van der Waals surface area contributed by atoms with E-state index < -0.39 is 16.8 Å². The topological polar surface area (TPSA) is 67.5 Å². The van der Waals surface area contributed by atoms with Crippen LogP contribution in [0.5, 0.6) is 0 Å². The van der Waals surface area contributed by atoms with E-state index in [9.17, 15) is 9.00 Å². The van der Waals surface area contributed by atoms with Crippen molar-refractivity contribution >= 4 is 16.8 Å². The van der Waals surface area contributed by atoms with Gasteiger partial charge in [-0.2, -0.15) is 0 Å². The molecule has 2 aromatic rings. The Kier molecular flexibility index (Phi) is 3.62. The molecule has 1 atom stereocenters. The molecule has 0 aliphatic heterocycles. The van der Waals surface area contributed by atoms with Crippen LogP contribution in [0.25, 0.3) is 0 Å². The summed E-state index contributed by atoms with van der Waals surface area (Å²) in [6.07, 6.45) is 1.30. The van der Waals surface area contributed by atoms with Gasteiger partial charge < -0.3 is 9.52 Å². The van der Waals surface area contributed by atoms with Gasteiger partial charge in [-0.1, -0.05) is 12.1 Å². The molecule has 0 aliphatic carbocycles. The molecule has 0 amide bonds. The summed E-state index contributed by atoms with van der Waals surface area (Å²) in [5.74, 6) is -0.764. The highest BCUT2D eigenvalue weighted by atomic mass is 32.2. The number of aryl methyl sites for hydroxylation is 1. The van der Waals surface area contributed by atoms with Crippen molar-refractivity contribution in [3.8, 4) is 0 Å². The summed E-state index contributed by atoms with van der Waals surface area (Å²) in [6, 6.07) is 8.68. The van der Waals surface area contributed by atoms with Crippen LogP contribution in [0.4, 0.5) is 0 Å². The molecule has 94 valence electrons. The Hall–Kier alpha value is -1.88. The Morgan fingerprint density at radius 3 is 2.83 bits per heavy atom. The minimum absolute atomic E-state index is 0.0657. The highest BCUT2D eigenvalue weighted by Crippen LogP contribution is 2.17. The Bertz CT molecular complexity index is 601. The van der Waals surface area contributed by atoms with Gasteiger partial charge >= 0.3 is 5.97 Å². The van der Waals surface area contributed by atoms with Crippen LogP contribution < -0.4 is 0 Å². The van der Waals surface area contributed by atoms with Gasteiger partial charge in [-0.25, -0.2) is 4.79 Å². The molecule has 0 fully saturated rings. The maximum atomic E-state index is 12.1. The quantitative estimate of drug-likeness (QED) is 0.921. The van der Waals surface area contributed by atoms with Crippen molar-refractivity contribution in [3.63, 3.8) is 0 Å². The molecule has 0 spiro atoms. The van der Waals surface area contributed by atoms with E-state index in [1.54, 1.807) is 6.07 Å². The largest absolute Gasteiger partial charge is 0.478 e. The fourth-order valence-electron chi connectivity index (χ4n) is 1.60. The number of carbonyl (C=O) groups is 1. The van der Waals surface area contributed by atoms with Crippen LogP contribution in [0.1, 0.15) is 21.7 Å². The third-order valence-corrected chi connectivity index (χ3v) is 3.79. The third kappa shape index (κ3) is 2.68. The Morgan fingerprint density at radius 2 is 2.17 bits per heavy atom. The van der Waals surface area contributed by atoms with Crippen molar-refractivity contribution in [2.24, 2.45) is 0 Å². The average Bonchev–Trinajstić information content (AvgIpc) is 2.77. The number of aromatic carboxylic acids is 1. The van der Waals surface area contributed by atoms with Gasteiger partial charge in [-0.15, -0.1) is 0 Å². The lowest BCUT2D eigenvalue weighted by molar-refractivity contribution is 0.0695. The summed E-state index contributed by atoms with van der Waals surface area (Å²) >= 11 is 0. The van der Waals surface area contributed by atoms with Crippen LogP contribution in [0.3, 0.4) is 0 Å². The number of rotatable bonds is 4. The normalized spacial score (nSPS) is 12.3. The molecule has 5 heteroatoms. The molecule has 0 aliphatic rings. The molecule has 0 saturated heterocycles. The van der Waals surface area contributed by atoms with E-state index in [-0.39, 0.29) is 17.1 Å². The third-order valence-electron chi connectivity index (χ3n) is 2.49. The molecular weight excluding hydrogens is 252 g/mol. The molecular formula is C13H12O4S. The van der Waals surface area contributed by atoms with E-state index >= 15 is 0 Å². The standard InChI is InChI=1S/C13H12O4S/c1-9-3-2-4-10(7-9)18(16)8-12-11(13(14)15)5-6-17-12/h2-7H,8H2,1H3,(H,14,15). The summed E-state index contributed by atoms with van der Waals surface area (Å²) in [5.41, 5.74) is 1.08. The van der Waals surface area contributed by atoms with E-state index in [1.807, 2.05) is 25.1 Å². The fourth-order valence-corrected chi connectivity index (χ4v) is 2.78. The summed E-state index contributed by atoms with van der Waals surface area (Å²) in [7, 11) is -1.31. The molecule has 18 heavy (non-hydrogen) atoms. The summed E-state index contributed by atoms with van der Waals surface area (Å²) in [5, 5.41) is 8.92. The van der Waals surface area contributed by atoms with Gasteiger partial charge in [0.15, 0.2) is 0 Å². The number of benzene rings is 1. The summed E-state index contributed by atoms with van der Waals surface area (Å²) < 4.78 is 17.2. The molecule has 1 aromatic carbocycles. The molecule has 0 radical (unpaired) electrons. The molecule has 0 bridgehead atoms. The van der Waals surface area contributed by atoms with Gasteiger partial charge in [-0.3, -0.25) is 4.21 Å². The predicted molar refractivity (Wildman–Crippen MR) is 67.0 cm³/mol. The molecule has 1 unspecified atom stereocenters. The van der Waals surface area contributed by atoms with Crippen LogP contribution >= 0.6 is 0 Å². The van der Waals surface area contributed by atoms with Gasteiger partial charge in [0.2, 0.25) is 0 Å². The number of carboxylic acids is 1. The SMILES string of the molecule is Cc1cccc(S(=O)Cc2occc2C(=O)O)c1. The van der Waals surface area contributed by atoms with Crippen molar-refractivity contribution in [1.82, 2.24) is 0 Å². The van der Waals surface area contributed by atoms with Crippen LogP contribution in [0.2, 0.25) is 0 Å². The molecule has 1 heterocycles. The number of carboxylic acid groups (broad SMARTS) is 1. The van der Waals surface area contributed by atoms with Crippen molar-refractivity contribution < 1.29 is 18.5 Å². The number of furan rings is 1. The molecule has 2 rings (SSSR count). The minimum atomic E-state index is -1.31. The van der Waals surface area contributed by atoms with Gasteiger partial charge in [0.05, 0.1) is 22.8 Å². The van der Waals surface area contributed by atoms with Gasteiger partial charge in [0.25, 0.3) is 0 Å². The molecule has 1 N–H and O–H groups in total. The molecule has 1 aromatic heterocycles. The summed E-state index contributed by atoms with van der Waals surface area (Å²) in [6.45, 7) is 1.91. The second-order valence-corrected chi connectivity index (χ2v) is 5.32. The van der Waals surface area contributed by atoms with E-state index in [1.165, 1.54) is 12.3 Å². The zero-order valence-electron chi connectivity index (χ0n) is 9.75. The van der Waals surface area contributed by atoms with E-state index in [4.69, 9.17) is 9.52 Å². The van der Waals surface area contributed by atoms with Gasteiger partial charge in [-0.05, 0) is 30.7 Å². The fraction of sp³-hybridized carbons (Fsp3) is 0.154. The zero-order valence-corrected chi connectivity index (χ0v) is 10.6. The van der Waals surface area contributed by atoms with E-state index in [2.05, 4.69) is 0 Å². The molecule has 4 nitrogen and oxygen atoms in total. The van der Waals surface area contributed by atoms with Crippen molar-refractivity contribution in [1.29, 1.82) is 0 Å². The van der Waals surface area contributed by atoms with Crippen LogP contribution in [0.15, 0.2) is 45.9 Å². The first kappa shape index (κ1) is 12.6. The lowest BCUT2D eigenvalue weighted by atomic mass is 10.2. The molecule has 0 saturated carbocycles. The maximum Gasteiger partial charge on any atom is 0.339 e. The maximum absolute atomic E-state index is 12.1. The second-order valence-electron chi connectivity index (χ2n) is 3.87. The predicted octanol–water partition coefficient (Wildman–Crippen LogP) is 2.59. The van der Waals surface area contributed by atoms with E-state index in [0.717, 1.165) is 5.56 Å². The Balaban J connectivity index is 2.21. The Morgan fingerprint density at radius 1 is 1.39 bits per heavy atom. The lowest BCUT2D eigenvalue weighted by Gasteiger charge is -2.02. The lowest BCUT2D eigenvalue weighted by Crippen LogP contribution is -2.02. The van der Waals surface area contributed by atoms with Gasteiger partial charge in [0, 0.05) is 4.90 Å². The van der Waals surface area contributed by atoms with Crippen LogP contribution in [-0.2, 0) is 16.6 Å². The smallest absolute Gasteiger partial charge is 0.339 e. The highest BCUT2D eigenvalue weighted by molar-refractivity contribution is 7.84. The number of hydrogen-bond donors (Lipinski definition) is 1. The second kappa shape index (κ2) is 5.18. The average molecular weight is 264 g/mol. The monoisotopic (exact) mass is 264 g/mol. The summed E-state index contributed by atoms with van der Waals surface area (Å²) in [4.78, 5) is 11.6. The van der Waals surface area contributed by atoms with Crippen LogP contribution in [0, 0.1) is 6.92 Å². The minimum Gasteiger partial charge on any atom is -0.478 e. The zero-order chi connectivity index (χ0) is 13.1. The van der Waals surface area contributed by atoms with Crippen molar-refractivity contribution in [2.75, 3.05) is 0 Å². The first-order chi connectivity index (χ1) is 8.58. The van der Waals surface area contributed by atoms with E-state index in [0.29, 0.717) is 4.90 Å². The van der Waals surface area contributed by atoms with Crippen LogP contribution in [-0.4, -0.2) is 15.3 Å². The van der Waals surface area contributed by atoms with Crippen molar-refractivity contribution in [3.05, 3.63) is 53.5 Å². The van der Waals surface area contributed by atoms with Crippen molar-refractivity contribution in [2.45, 2.75) is 17.6 Å². The first-order valence-corrected chi connectivity index (χ1v) is 6.64. The Labute approximate surface area is 107 Å².